The van der Waals surface area contributed by atoms with Crippen molar-refractivity contribution in [1.29, 1.82) is 0 Å². The second-order valence-corrected chi connectivity index (χ2v) is 7.81. The Labute approximate surface area is 192 Å². The van der Waals surface area contributed by atoms with Crippen LogP contribution in [0.4, 0.5) is 0 Å². The van der Waals surface area contributed by atoms with Gasteiger partial charge in [0.05, 0.1) is 18.9 Å². The summed E-state index contributed by atoms with van der Waals surface area (Å²) >= 11 is 15.4. The van der Waals surface area contributed by atoms with Crippen molar-refractivity contribution in [1.82, 2.24) is 5.43 Å². The number of halogens is 3. The number of amides is 1. The lowest BCUT2D eigenvalue weighted by Gasteiger charge is -2.12. The molecule has 0 spiro atoms. The third-order valence-corrected chi connectivity index (χ3v) is 5.36. The van der Waals surface area contributed by atoms with Gasteiger partial charge in [-0.1, -0.05) is 41.4 Å². The van der Waals surface area contributed by atoms with E-state index >= 15 is 0 Å². The maximum Gasteiger partial charge on any atom is 0.272 e. The van der Waals surface area contributed by atoms with Crippen molar-refractivity contribution >= 4 is 51.3 Å². The lowest BCUT2D eigenvalue weighted by Crippen LogP contribution is -2.18. The van der Waals surface area contributed by atoms with Crippen LogP contribution < -0.4 is 14.9 Å². The zero-order valence-electron chi connectivity index (χ0n) is 15.9. The Morgan fingerprint density at radius 2 is 1.90 bits per heavy atom. The third kappa shape index (κ3) is 5.75. The van der Waals surface area contributed by atoms with Crippen LogP contribution in [0.15, 0.2) is 70.2 Å². The molecule has 1 amide bonds. The number of carbonyl (C=O) groups excluding carboxylic acids is 1. The van der Waals surface area contributed by atoms with Crippen molar-refractivity contribution in [3.63, 3.8) is 0 Å². The smallest absolute Gasteiger partial charge is 0.272 e. The number of benzene rings is 3. The van der Waals surface area contributed by atoms with E-state index in [1.165, 1.54) is 6.21 Å². The average molecular weight is 508 g/mol. The van der Waals surface area contributed by atoms with E-state index in [1.54, 1.807) is 55.6 Å². The molecule has 0 unspecified atom stereocenters. The normalized spacial score (nSPS) is 10.8. The van der Waals surface area contributed by atoms with Gasteiger partial charge in [0.2, 0.25) is 0 Å². The van der Waals surface area contributed by atoms with Gasteiger partial charge in [0.25, 0.3) is 5.91 Å². The second kappa shape index (κ2) is 10.5. The van der Waals surface area contributed by atoms with E-state index in [9.17, 15) is 4.79 Å². The number of hydrogen-bond donors (Lipinski definition) is 1. The molecule has 0 aliphatic heterocycles. The molecule has 154 valence electrons. The summed E-state index contributed by atoms with van der Waals surface area (Å²) in [6.45, 7) is 0.266. The molecule has 0 bridgehead atoms. The maximum atomic E-state index is 12.2. The van der Waals surface area contributed by atoms with Crippen LogP contribution >= 0.6 is 39.1 Å². The number of methoxy groups -OCH3 is 1. The highest BCUT2D eigenvalue weighted by atomic mass is 79.9. The summed E-state index contributed by atoms with van der Waals surface area (Å²) in [5, 5.41) is 5.11. The van der Waals surface area contributed by atoms with Crippen LogP contribution in [0.1, 0.15) is 21.5 Å². The summed E-state index contributed by atoms with van der Waals surface area (Å²) in [6, 6.07) is 17.7. The van der Waals surface area contributed by atoms with E-state index in [-0.39, 0.29) is 12.5 Å². The molecule has 0 aliphatic rings. The standard InChI is InChI=1S/C22H17BrCl2N2O3/c1-29-21-10-14(12-26-27-22(28)17-4-2-3-5-18(17)23)6-9-20(21)30-13-15-7-8-16(24)11-19(15)25/h2-12H,13H2,1H3,(H,27,28)/b26-12+. The van der Waals surface area contributed by atoms with Gasteiger partial charge >= 0.3 is 0 Å². The lowest BCUT2D eigenvalue weighted by molar-refractivity contribution is 0.0954. The van der Waals surface area contributed by atoms with Crippen LogP contribution in [-0.2, 0) is 6.61 Å². The van der Waals surface area contributed by atoms with E-state index in [4.69, 9.17) is 32.7 Å². The first kappa shape index (κ1) is 22.2. The molecule has 0 aromatic heterocycles. The number of hydrazone groups is 1. The minimum absolute atomic E-state index is 0.266. The number of nitrogens with zero attached hydrogens (tertiary/aromatic N) is 1. The molecule has 0 fully saturated rings. The molecule has 5 nitrogen and oxygen atoms in total. The quantitative estimate of drug-likeness (QED) is 0.310. The Kier molecular flexibility index (Phi) is 7.74. The highest BCUT2D eigenvalue weighted by Gasteiger charge is 2.09. The Morgan fingerprint density at radius 1 is 1.10 bits per heavy atom. The van der Waals surface area contributed by atoms with E-state index < -0.39 is 0 Å². The van der Waals surface area contributed by atoms with Crippen LogP contribution in [0, 0.1) is 0 Å². The molecule has 0 radical (unpaired) electrons. The van der Waals surface area contributed by atoms with Crippen molar-refractivity contribution in [2.24, 2.45) is 5.10 Å². The Hall–Kier alpha value is -2.54. The van der Waals surface area contributed by atoms with Gasteiger partial charge in [-0.2, -0.15) is 5.10 Å². The van der Waals surface area contributed by atoms with Gasteiger partial charge in [-0.25, -0.2) is 5.43 Å². The molecule has 30 heavy (non-hydrogen) atoms. The van der Waals surface area contributed by atoms with Crippen LogP contribution in [0.5, 0.6) is 11.5 Å². The molecular formula is C22H17BrCl2N2O3. The largest absolute Gasteiger partial charge is 0.493 e. The summed E-state index contributed by atoms with van der Waals surface area (Å²) in [5.41, 5.74) is 4.54. The maximum absolute atomic E-state index is 12.2. The van der Waals surface area contributed by atoms with E-state index in [0.29, 0.717) is 31.6 Å². The van der Waals surface area contributed by atoms with Crippen LogP contribution in [0.3, 0.4) is 0 Å². The van der Waals surface area contributed by atoms with Gasteiger partial charge in [-0.15, -0.1) is 0 Å². The van der Waals surface area contributed by atoms with E-state index in [1.807, 2.05) is 12.1 Å². The molecule has 8 heteroatoms. The molecule has 0 heterocycles. The fourth-order valence-electron chi connectivity index (χ4n) is 2.55. The van der Waals surface area contributed by atoms with Gasteiger partial charge in [0.15, 0.2) is 11.5 Å². The van der Waals surface area contributed by atoms with Gasteiger partial charge in [0, 0.05) is 20.1 Å². The van der Waals surface area contributed by atoms with Crippen molar-refractivity contribution in [3.05, 3.63) is 91.9 Å². The van der Waals surface area contributed by atoms with Gasteiger partial charge in [-0.3, -0.25) is 4.79 Å². The van der Waals surface area contributed by atoms with Crippen LogP contribution in [-0.4, -0.2) is 19.2 Å². The van der Waals surface area contributed by atoms with Crippen molar-refractivity contribution in [2.75, 3.05) is 7.11 Å². The average Bonchev–Trinajstić information content (AvgIpc) is 2.73. The zero-order valence-corrected chi connectivity index (χ0v) is 19.0. The molecular weight excluding hydrogens is 491 g/mol. The predicted molar refractivity (Wildman–Crippen MR) is 123 cm³/mol. The van der Waals surface area contributed by atoms with Gasteiger partial charge in [-0.05, 0) is 64.0 Å². The van der Waals surface area contributed by atoms with Crippen molar-refractivity contribution in [2.45, 2.75) is 6.61 Å². The zero-order chi connectivity index (χ0) is 21.5. The number of rotatable bonds is 7. The summed E-state index contributed by atoms with van der Waals surface area (Å²) in [5.74, 6) is 0.768. The summed E-state index contributed by atoms with van der Waals surface area (Å²) in [6.07, 6.45) is 1.52. The first-order chi connectivity index (χ1) is 14.5. The topological polar surface area (TPSA) is 59.9 Å². The summed E-state index contributed by atoms with van der Waals surface area (Å²) < 4.78 is 11.9. The van der Waals surface area contributed by atoms with Gasteiger partial charge < -0.3 is 9.47 Å². The number of ether oxygens (including phenoxy) is 2. The highest BCUT2D eigenvalue weighted by Crippen LogP contribution is 2.29. The molecule has 1 N–H and O–H groups in total. The Morgan fingerprint density at radius 3 is 2.63 bits per heavy atom. The van der Waals surface area contributed by atoms with E-state index in [0.717, 1.165) is 11.1 Å². The first-order valence-electron chi connectivity index (χ1n) is 8.80. The fourth-order valence-corrected chi connectivity index (χ4v) is 3.48. The second-order valence-electron chi connectivity index (χ2n) is 6.11. The molecule has 0 saturated heterocycles. The monoisotopic (exact) mass is 506 g/mol. The van der Waals surface area contributed by atoms with Crippen molar-refractivity contribution in [3.8, 4) is 11.5 Å². The number of carbonyl (C=O) groups is 1. The molecule has 0 aliphatic carbocycles. The molecule has 3 aromatic rings. The first-order valence-corrected chi connectivity index (χ1v) is 10.4. The number of hydrogen-bond acceptors (Lipinski definition) is 4. The highest BCUT2D eigenvalue weighted by molar-refractivity contribution is 9.10. The minimum atomic E-state index is -0.314. The summed E-state index contributed by atoms with van der Waals surface area (Å²) in [7, 11) is 1.55. The fraction of sp³-hybridized carbons (Fsp3) is 0.0909. The third-order valence-electron chi connectivity index (χ3n) is 4.08. The Balaban J connectivity index is 1.65. The Bertz CT molecular complexity index is 1090. The minimum Gasteiger partial charge on any atom is -0.493 e. The molecule has 3 rings (SSSR count). The van der Waals surface area contributed by atoms with E-state index in [2.05, 4.69) is 26.5 Å². The molecule has 3 aromatic carbocycles. The molecule has 0 saturated carbocycles. The SMILES string of the molecule is COc1cc(/C=N/NC(=O)c2ccccc2Br)ccc1OCc1ccc(Cl)cc1Cl. The van der Waals surface area contributed by atoms with Crippen LogP contribution in [0.2, 0.25) is 10.0 Å². The van der Waals surface area contributed by atoms with Crippen molar-refractivity contribution < 1.29 is 14.3 Å². The van der Waals surface area contributed by atoms with Gasteiger partial charge in [0.1, 0.15) is 6.61 Å². The predicted octanol–water partition coefficient (Wildman–Crippen LogP) is 6.11. The van der Waals surface area contributed by atoms with Crippen LogP contribution in [0.25, 0.3) is 0 Å². The number of nitrogens with one attached hydrogen (secondary N) is 1. The lowest BCUT2D eigenvalue weighted by atomic mass is 10.2. The molecule has 0 atom stereocenters. The summed E-state index contributed by atoms with van der Waals surface area (Å²) in [4.78, 5) is 12.2.